The molecule has 1 aliphatic rings. The smallest absolute Gasteiger partial charge is 0.407 e. The first-order valence-electron chi connectivity index (χ1n) is 11.1. The van der Waals surface area contributed by atoms with Crippen LogP contribution in [-0.2, 0) is 16.0 Å². The molecular formula is C27H19Cl2NO6. The molecule has 1 atom stereocenters. The van der Waals surface area contributed by atoms with E-state index in [4.69, 9.17) is 32.4 Å². The van der Waals surface area contributed by atoms with Crippen LogP contribution in [0, 0.1) is 0 Å². The van der Waals surface area contributed by atoms with Gasteiger partial charge in [0.05, 0.1) is 16.7 Å². The van der Waals surface area contributed by atoms with E-state index in [2.05, 4.69) is 5.32 Å². The van der Waals surface area contributed by atoms with Gasteiger partial charge in [0.25, 0.3) is 0 Å². The van der Waals surface area contributed by atoms with Crippen LogP contribution in [0.5, 0.6) is 0 Å². The molecule has 0 radical (unpaired) electrons. The largest absolute Gasteiger partial charge is 0.480 e. The fraction of sp³-hybridized carbons (Fsp3) is 0.148. The Morgan fingerprint density at radius 3 is 2.31 bits per heavy atom. The van der Waals surface area contributed by atoms with Gasteiger partial charge >= 0.3 is 12.1 Å². The Bertz CT molecular complexity index is 1520. The van der Waals surface area contributed by atoms with E-state index in [1.165, 1.54) is 12.1 Å². The van der Waals surface area contributed by atoms with Crippen molar-refractivity contribution in [1.82, 2.24) is 5.32 Å². The Balaban J connectivity index is 1.31. The number of ether oxygens (including phenoxy) is 1. The van der Waals surface area contributed by atoms with Gasteiger partial charge in [0.1, 0.15) is 12.6 Å². The summed E-state index contributed by atoms with van der Waals surface area (Å²) in [6.45, 7) is 0.0291. The van der Waals surface area contributed by atoms with Crippen molar-refractivity contribution in [1.29, 1.82) is 0 Å². The summed E-state index contributed by atoms with van der Waals surface area (Å²) in [5.41, 5.74) is 3.93. The van der Waals surface area contributed by atoms with Gasteiger partial charge in [-0.25, -0.2) is 9.59 Å². The molecule has 9 heteroatoms. The van der Waals surface area contributed by atoms with Crippen molar-refractivity contribution < 1.29 is 23.8 Å². The number of hydrogen-bond acceptors (Lipinski definition) is 5. The van der Waals surface area contributed by atoms with E-state index in [0.29, 0.717) is 0 Å². The SMILES string of the molecule is O=C(NC(Cc1coc2c(Cl)cc(Cl)cc2c1=O)C(=O)O)OCC1c2ccccc2-c2ccccc21. The molecule has 4 aromatic rings. The average molecular weight is 524 g/mol. The number of nitrogens with one attached hydrogen (secondary N) is 1. The molecule has 0 bridgehead atoms. The molecule has 1 aromatic heterocycles. The highest BCUT2D eigenvalue weighted by atomic mass is 35.5. The van der Waals surface area contributed by atoms with Gasteiger partial charge in [0.15, 0.2) is 11.0 Å². The number of alkyl carbamates (subject to hydrolysis) is 1. The maximum absolute atomic E-state index is 12.9. The van der Waals surface area contributed by atoms with Crippen LogP contribution < -0.4 is 10.7 Å². The highest BCUT2D eigenvalue weighted by Gasteiger charge is 2.30. The third kappa shape index (κ3) is 4.43. The minimum absolute atomic E-state index is 0.0291. The summed E-state index contributed by atoms with van der Waals surface area (Å²) in [7, 11) is 0. The van der Waals surface area contributed by atoms with Crippen LogP contribution in [0.4, 0.5) is 4.79 Å². The molecule has 1 heterocycles. The standard InChI is InChI=1S/C27H19Cl2NO6/c28-15-10-20-24(31)14(12-35-25(20)22(29)11-15)9-23(26(32)33)30-27(34)36-13-21-18-7-3-1-5-16(18)17-6-2-4-8-19(17)21/h1-8,10-12,21,23H,9,13H2,(H,30,34)(H,32,33). The van der Waals surface area contributed by atoms with Crippen molar-refractivity contribution in [2.75, 3.05) is 6.61 Å². The number of fused-ring (bicyclic) bond motifs is 4. The fourth-order valence-corrected chi connectivity index (χ4v) is 5.09. The second-order valence-electron chi connectivity index (χ2n) is 8.42. The van der Waals surface area contributed by atoms with Gasteiger partial charge in [-0.15, -0.1) is 0 Å². The number of amides is 1. The van der Waals surface area contributed by atoms with E-state index in [1.807, 2.05) is 48.5 Å². The van der Waals surface area contributed by atoms with Gasteiger partial charge in [0.2, 0.25) is 0 Å². The number of benzene rings is 3. The van der Waals surface area contributed by atoms with Crippen molar-refractivity contribution in [2.45, 2.75) is 18.4 Å². The Kier molecular flexibility index (Phi) is 6.43. The van der Waals surface area contributed by atoms with E-state index in [-0.39, 0.29) is 45.5 Å². The van der Waals surface area contributed by atoms with E-state index >= 15 is 0 Å². The predicted molar refractivity (Wildman–Crippen MR) is 136 cm³/mol. The molecule has 36 heavy (non-hydrogen) atoms. The van der Waals surface area contributed by atoms with Crippen LogP contribution in [-0.4, -0.2) is 29.8 Å². The van der Waals surface area contributed by atoms with Crippen molar-refractivity contribution in [3.8, 4) is 11.1 Å². The van der Waals surface area contributed by atoms with Crippen LogP contribution in [0.1, 0.15) is 22.6 Å². The number of aliphatic carboxylic acids is 1. The quantitative estimate of drug-likeness (QED) is 0.339. The number of carboxylic acids is 1. The molecule has 3 aromatic carbocycles. The van der Waals surface area contributed by atoms with Crippen molar-refractivity contribution in [3.05, 3.63) is 104 Å². The normalized spacial score (nSPS) is 13.2. The molecule has 0 spiro atoms. The van der Waals surface area contributed by atoms with E-state index in [0.717, 1.165) is 28.5 Å². The highest BCUT2D eigenvalue weighted by Crippen LogP contribution is 2.44. The Morgan fingerprint density at radius 2 is 1.67 bits per heavy atom. The van der Waals surface area contributed by atoms with Gasteiger partial charge in [-0.1, -0.05) is 71.7 Å². The van der Waals surface area contributed by atoms with Crippen LogP contribution >= 0.6 is 23.2 Å². The maximum atomic E-state index is 12.9. The summed E-state index contributed by atoms with van der Waals surface area (Å²) in [5, 5.41) is 12.5. The number of hydrogen-bond donors (Lipinski definition) is 2. The molecule has 0 saturated carbocycles. The summed E-state index contributed by atoms with van der Waals surface area (Å²) in [6, 6.07) is 17.2. The number of halogens is 2. The maximum Gasteiger partial charge on any atom is 0.407 e. The molecule has 1 aliphatic carbocycles. The highest BCUT2D eigenvalue weighted by molar-refractivity contribution is 6.38. The summed E-state index contributed by atoms with van der Waals surface area (Å²) < 4.78 is 10.9. The molecule has 0 aliphatic heterocycles. The summed E-state index contributed by atoms with van der Waals surface area (Å²) in [5.74, 6) is -1.50. The second-order valence-corrected chi connectivity index (χ2v) is 9.26. The van der Waals surface area contributed by atoms with Crippen LogP contribution in [0.15, 0.2) is 76.1 Å². The first-order valence-corrected chi connectivity index (χ1v) is 11.8. The minimum atomic E-state index is -1.42. The number of carboxylic acid groups (broad SMARTS) is 1. The Labute approximate surface area is 215 Å². The van der Waals surface area contributed by atoms with Crippen molar-refractivity contribution in [3.63, 3.8) is 0 Å². The molecule has 7 nitrogen and oxygen atoms in total. The lowest BCUT2D eigenvalue weighted by molar-refractivity contribution is -0.139. The Morgan fingerprint density at radius 1 is 1.03 bits per heavy atom. The molecule has 5 rings (SSSR count). The van der Waals surface area contributed by atoms with E-state index in [9.17, 15) is 19.5 Å². The Hall–Kier alpha value is -3.81. The predicted octanol–water partition coefficient (Wildman–Crippen LogP) is 5.63. The monoisotopic (exact) mass is 523 g/mol. The van der Waals surface area contributed by atoms with Gasteiger partial charge in [-0.2, -0.15) is 0 Å². The summed E-state index contributed by atoms with van der Waals surface area (Å²) in [6.07, 6.45) is -0.0811. The zero-order valence-corrected chi connectivity index (χ0v) is 20.2. The van der Waals surface area contributed by atoms with Crippen LogP contribution in [0.3, 0.4) is 0 Å². The molecule has 0 saturated heterocycles. The second kappa shape index (κ2) is 9.68. The zero-order chi connectivity index (χ0) is 25.4. The third-order valence-electron chi connectivity index (χ3n) is 6.22. The fourth-order valence-electron chi connectivity index (χ4n) is 4.55. The van der Waals surface area contributed by atoms with Crippen molar-refractivity contribution >= 4 is 46.2 Å². The molecule has 0 fully saturated rings. The topological polar surface area (TPSA) is 106 Å². The van der Waals surface area contributed by atoms with Gasteiger partial charge < -0.3 is 19.6 Å². The summed E-state index contributed by atoms with van der Waals surface area (Å²) in [4.78, 5) is 37.3. The molecule has 2 N–H and O–H groups in total. The van der Waals surface area contributed by atoms with Crippen molar-refractivity contribution in [2.24, 2.45) is 0 Å². The molecular weight excluding hydrogens is 505 g/mol. The molecule has 1 amide bonds. The molecule has 1 unspecified atom stereocenters. The number of rotatable bonds is 6. The summed E-state index contributed by atoms with van der Waals surface area (Å²) >= 11 is 12.1. The zero-order valence-electron chi connectivity index (χ0n) is 18.7. The van der Waals surface area contributed by atoms with Crippen LogP contribution in [0.25, 0.3) is 22.1 Å². The minimum Gasteiger partial charge on any atom is -0.480 e. The lowest BCUT2D eigenvalue weighted by Gasteiger charge is -2.17. The first kappa shape index (κ1) is 23.9. The van der Waals surface area contributed by atoms with E-state index < -0.39 is 23.5 Å². The van der Waals surface area contributed by atoms with Gasteiger partial charge in [-0.05, 0) is 34.4 Å². The van der Waals surface area contributed by atoms with Crippen LogP contribution in [0.2, 0.25) is 10.0 Å². The average Bonchev–Trinajstić information content (AvgIpc) is 3.18. The van der Waals surface area contributed by atoms with Gasteiger partial charge in [-0.3, -0.25) is 4.79 Å². The number of carbonyl (C=O) groups excluding carboxylic acids is 1. The third-order valence-corrected chi connectivity index (χ3v) is 6.72. The van der Waals surface area contributed by atoms with Gasteiger partial charge in [0, 0.05) is 22.9 Å². The first-order chi connectivity index (χ1) is 17.3. The lowest BCUT2D eigenvalue weighted by atomic mass is 9.98. The van der Waals surface area contributed by atoms with E-state index in [1.54, 1.807) is 0 Å². The molecule has 182 valence electrons. The lowest BCUT2D eigenvalue weighted by Crippen LogP contribution is -2.43. The number of carbonyl (C=O) groups is 2.